The van der Waals surface area contributed by atoms with Crippen LogP contribution in [-0.4, -0.2) is 27.6 Å². The molecular weight excluding hydrogens is 210 g/mol. The van der Waals surface area contributed by atoms with E-state index in [2.05, 4.69) is 16.9 Å². The van der Waals surface area contributed by atoms with E-state index in [0.717, 1.165) is 16.5 Å². The van der Waals surface area contributed by atoms with Gasteiger partial charge in [-0.3, -0.25) is 4.40 Å². The van der Waals surface area contributed by atoms with E-state index in [1.807, 2.05) is 16.0 Å². The zero-order valence-electron chi connectivity index (χ0n) is 8.55. The molecule has 15 heavy (non-hydrogen) atoms. The fourth-order valence-corrected chi connectivity index (χ4v) is 2.61. The Labute approximate surface area is 91.8 Å². The minimum absolute atomic E-state index is 0.0459. The van der Waals surface area contributed by atoms with Crippen molar-refractivity contribution < 1.29 is 5.11 Å². The molecule has 5 heteroatoms. The summed E-state index contributed by atoms with van der Waals surface area (Å²) in [5.74, 6) is 0.937. The van der Waals surface area contributed by atoms with Crippen LogP contribution in [0.3, 0.4) is 0 Å². The van der Waals surface area contributed by atoms with E-state index in [1.165, 1.54) is 12.8 Å². The minimum Gasteiger partial charge on any atom is -0.390 e. The van der Waals surface area contributed by atoms with Crippen molar-refractivity contribution in [2.75, 3.05) is 11.9 Å². The molecule has 4 nitrogen and oxygen atoms in total. The van der Waals surface area contributed by atoms with Crippen LogP contribution in [0.25, 0.3) is 4.96 Å². The molecule has 1 saturated carbocycles. The molecule has 3 rings (SSSR count). The third-order valence-electron chi connectivity index (χ3n) is 2.92. The first kappa shape index (κ1) is 9.18. The first-order valence-corrected chi connectivity index (χ1v) is 5.97. The van der Waals surface area contributed by atoms with Crippen LogP contribution < -0.4 is 4.90 Å². The Morgan fingerprint density at radius 3 is 3.13 bits per heavy atom. The summed E-state index contributed by atoms with van der Waals surface area (Å²) < 4.78 is 1.97. The molecule has 2 aromatic heterocycles. The standard InChI is InChI=1S/C10H13N3OS/c1-12(7-2-3-7)9-8(6-14)13-4-5-15-10(13)11-9/h4-5,7,14H,2-3,6H2,1H3. The van der Waals surface area contributed by atoms with E-state index in [4.69, 9.17) is 0 Å². The van der Waals surface area contributed by atoms with Crippen LogP contribution in [0.1, 0.15) is 18.5 Å². The Balaban J connectivity index is 2.11. The van der Waals surface area contributed by atoms with Crippen molar-refractivity contribution in [3.63, 3.8) is 0 Å². The lowest BCUT2D eigenvalue weighted by Crippen LogP contribution is -2.21. The number of hydrogen-bond donors (Lipinski definition) is 1. The Morgan fingerprint density at radius 2 is 2.47 bits per heavy atom. The van der Waals surface area contributed by atoms with Gasteiger partial charge in [0.05, 0.1) is 12.3 Å². The number of aromatic nitrogens is 2. The summed E-state index contributed by atoms with van der Waals surface area (Å²) in [6, 6.07) is 0.625. The lowest BCUT2D eigenvalue weighted by Gasteiger charge is -2.16. The lowest BCUT2D eigenvalue weighted by molar-refractivity contribution is 0.276. The predicted molar refractivity (Wildman–Crippen MR) is 60.4 cm³/mol. The molecule has 0 aromatic carbocycles. The van der Waals surface area contributed by atoms with Gasteiger partial charge in [-0.05, 0) is 12.8 Å². The lowest BCUT2D eigenvalue weighted by atomic mass is 10.4. The van der Waals surface area contributed by atoms with Crippen molar-refractivity contribution in [3.8, 4) is 0 Å². The first-order chi connectivity index (χ1) is 7.31. The van der Waals surface area contributed by atoms with E-state index < -0.39 is 0 Å². The maximum absolute atomic E-state index is 9.39. The molecule has 0 radical (unpaired) electrons. The molecule has 0 bridgehead atoms. The van der Waals surface area contributed by atoms with E-state index in [1.54, 1.807) is 11.3 Å². The number of imidazole rings is 1. The minimum atomic E-state index is 0.0459. The van der Waals surface area contributed by atoms with Crippen LogP contribution >= 0.6 is 11.3 Å². The molecule has 80 valence electrons. The van der Waals surface area contributed by atoms with Gasteiger partial charge in [-0.2, -0.15) is 0 Å². The summed E-state index contributed by atoms with van der Waals surface area (Å²) in [6.07, 6.45) is 4.45. The highest BCUT2D eigenvalue weighted by Gasteiger charge is 2.29. The van der Waals surface area contributed by atoms with Gasteiger partial charge in [-0.15, -0.1) is 11.3 Å². The molecule has 0 saturated heterocycles. The number of aliphatic hydroxyl groups is 1. The predicted octanol–water partition coefficient (Wildman–Crippen LogP) is 1.49. The number of anilines is 1. The Kier molecular flexibility index (Phi) is 1.97. The SMILES string of the molecule is CN(c1nc2sccn2c1CO)C1CC1. The summed E-state index contributed by atoms with van der Waals surface area (Å²) in [7, 11) is 2.06. The van der Waals surface area contributed by atoms with Crippen molar-refractivity contribution in [3.05, 3.63) is 17.3 Å². The second-order valence-electron chi connectivity index (χ2n) is 3.94. The fourth-order valence-electron chi connectivity index (χ4n) is 1.89. The highest BCUT2D eigenvalue weighted by atomic mass is 32.1. The normalized spacial score (nSPS) is 16.1. The summed E-state index contributed by atoms with van der Waals surface area (Å²) in [6.45, 7) is 0.0459. The van der Waals surface area contributed by atoms with Gasteiger partial charge in [0.2, 0.25) is 0 Å². The van der Waals surface area contributed by atoms with Gasteiger partial charge in [0, 0.05) is 24.7 Å². The number of hydrogen-bond acceptors (Lipinski definition) is 4. The molecule has 0 amide bonds. The van der Waals surface area contributed by atoms with Gasteiger partial charge < -0.3 is 10.0 Å². The second kappa shape index (κ2) is 3.21. The summed E-state index contributed by atoms with van der Waals surface area (Å²) in [5.41, 5.74) is 0.903. The number of rotatable bonds is 3. The molecule has 2 heterocycles. The average molecular weight is 223 g/mol. The molecule has 1 aliphatic carbocycles. The molecule has 1 N–H and O–H groups in total. The number of aliphatic hydroxyl groups excluding tert-OH is 1. The summed E-state index contributed by atoms with van der Waals surface area (Å²) in [5, 5.41) is 11.4. The maximum Gasteiger partial charge on any atom is 0.195 e. The van der Waals surface area contributed by atoms with Crippen molar-refractivity contribution >= 4 is 22.1 Å². The van der Waals surface area contributed by atoms with E-state index in [0.29, 0.717) is 6.04 Å². The van der Waals surface area contributed by atoms with Gasteiger partial charge >= 0.3 is 0 Å². The number of fused-ring (bicyclic) bond motifs is 1. The van der Waals surface area contributed by atoms with Gasteiger partial charge in [0.25, 0.3) is 0 Å². The van der Waals surface area contributed by atoms with E-state index >= 15 is 0 Å². The zero-order chi connectivity index (χ0) is 10.4. The summed E-state index contributed by atoms with van der Waals surface area (Å²) >= 11 is 1.60. The van der Waals surface area contributed by atoms with Crippen molar-refractivity contribution in [2.24, 2.45) is 0 Å². The van der Waals surface area contributed by atoms with Crippen LogP contribution in [0.5, 0.6) is 0 Å². The van der Waals surface area contributed by atoms with Crippen LogP contribution in [0.2, 0.25) is 0 Å². The average Bonchev–Trinajstić information content (AvgIpc) is 2.88. The highest BCUT2D eigenvalue weighted by Crippen LogP contribution is 2.32. The highest BCUT2D eigenvalue weighted by molar-refractivity contribution is 7.15. The molecule has 0 spiro atoms. The molecule has 0 unspecified atom stereocenters. The molecule has 0 aliphatic heterocycles. The fraction of sp³-hybridized carbons (Fsp3) is 0.500. The molecule has 1 fully saturated rings. The van der Waals surface area contributed by atoms with E-state index in [-0.39, 0.29) is 6.61 Å². The largest absolute Gasteiger partial charge is 0.390 e. The maximum atomic E-state index is 9.39. The monoisotopic (exact) mass is 223 g/mol. The zero-order valence-corrected chi connectivity index (χ0v) is 9.37. The molecule has 1 aliphatic rings. The third-order valence-corrected chi connectivity index (χ3v) is 3.67. The van der Waals surface area contributed by atoms with Crippen molar-refractivity contribution in [1.82, 2.24) is 9.38 Å². The quantitative estimate of drug-likeness (QED) is 0.857. The number of thiazole rings is 1. The van der Waals surface area contributed by atoms with Gasteiger partial charge in [-0.1, -0.05) is 0 Å². The third kappa shape index (κ3) is 1.34. The van der Waals surface area contributed by atoms with Crippen LogP contribution in [-0.2, 0) is 6.61 Å². The van der Waals surface area contributed by atoms with Gasteiger partial charge in [0.1, 0.15) is 0 Å². The van der Waals surface area contributed by atoms with E-state index in [9.17, 15) is 5.11 Å². The van der Waals surface area contributed by atoms with Crippen molar-refractivity contribution in [2.45, 2.75) is 25.5 Å². The Bertz CT molecular complexity index is 486. The van der Waals surface area contributed by atoms with Crippen LogP contribution in [0, 0.1) is 0 Å². The number of nitrogens with zero attached hydrogens (tertiary/aromatic N) is 3. The van der Waals surface area contributed by atoms with Crippen molar-refractivity contribution in [1.29, 1.82) is 0 Å². The van der Waals surface area contributed by atoms with Crippen LogP contribution in [0.4, 0.5) is 5.82 Å². The Morgan fingerprint density at radius 1 is 1.67 bits per heavy atom. The topological polar surface area (TPSA) is 40.8 Å². The Hall–Kier alpha value is -1.07. The molecule has 0 atom stereocenters. The molecule has 2 aromatic rings. The van der Waals surface area contributed by atoms with Crippen LogP contribution in [0.15, 0.2) is 11.6 Å². The van der Waals surface area contributed by atoms with Gasteiger partial charge in [0.15, 0.2) is 10.8 Å². The smallest absolute Gasteiger partial charge is 0.195 e. The first-order valence-electron chi connectivity index (χ1n) is 5.09. The van der Waals surface area contributed by atoms with Gasteiger partial charge in [-0.25, -0.2) is 4.98 Å². The second-order valence-corrected chi connectivity index (χ2v) is 4.81. The molecular formula is C10H13N3OS. The summed E-state index contributed by atoms with van der Waals surface area (Å²) in [4.78, 5) is 7.70.